The third-order valence-electron chi connectivity index (χ3n) is 7.37. The number of aliphatic hydroxyl groups excluding tert-OH is 2. The number of hydrogen-bond acceptors (Lipinski definition) is 20. The summed E-state index contributed by atoms with van der Waals surface area (Å²) in [7, 11) is -16.5. The molecular weight excluding hydrogens is 861 g/mol. The van der Waals surface area contributed by atoms with E-state index in [4.69, 9.17) is 29.8 Å². The highest BCUT2D eigenvalue weighted by atomic mass is 32.2. The van der Waals surface area contributed by atoms with Gasteiger partial charge in [-0.1, -0.05) is 25.6 Å². The zero-order valence-corrected chi connectivity index (χ0v) is 33.5. The Morgan fingerprint density at radius 3 is 2.39 bits per heavy atom. The third-order valence-corrected chi connectivity index (χ3v) is 12.1. The van der Waals surface area contributed by atoms with Gasteiger partial charge in [-0.15, -0.1) is 0 Å². The van der Waals surface area contributed by atoms with Crippen LogP contribution < -0.4 is 22.1 Å². The van der Waals surface area contributed by atoms with Crippen LogP contribution in [0.4, 0.5) is 5.82 Å². The van der Waals surface area contributed by atoms with Crippen molar-refractivity contribution in [3.8, 4) is 0 Å². The minimum absolute atomic E-state index is 0.0171. The molecule has 3 rings (SSSR count). The number of phosphoric ester groups is 3. The lowest BCUT2D eigenvalue weighted by Crippen LogP contribution is -2.46. The first-order chi connectivity index (χ1) is 25.8. The first kappa shape index (κ1) is 48.0. The number of aromatic nitrogens is 4. The van der Waals surface area contributed by atoms with Crippen molar-refractivity contribution >= 4 is 80.2 Å². The molecule has 318 valence electrons. The summed E-state index contributed by atoms with van der Waals surface area (Å²) in [6, 6.07) is -1.15. The Hall–Kier alpha value is -2.37. The lowest BCUT2D eigenvalue weighted by Gasteiger charge is -2.30. The maximum absolute atomic E-state index is 12.7. The number of nitrogens with one attached hydrogen (secondary N) is 2. The van der Waals surface area contributed by atoms with Crippen LogP contribution in [0.1, 0.15) is 26.5 Å². The zero-order chi connectivity index (χ0) is 42.2. The summed E-state index contributed by atoms with van der Waals surface area (Å²) in [5.74, 6) is -1.95. The van der Waals surface area contributed by atoms with Crippen molar-refractivity contribution in [2.24, 2.45) is 11.1 Å². The Balaban J connectivity index is 1.49. The summed E-state index contributed by atoms with van der Waals surface area (Å²) in [6.07, 6.45) is -7.14. The van der Waals surface area contributed by atoms with E-state index in [-0.39, 0.29) is 42.2 Å². The molecule has 2 aromatic heterocycles. The van der Waals surface area contributed by atoms with Crippen molar-refractivity contribution in [3.05, 3.63) is 12.7 Å². The fourth-order valence-electron chi connectivity index (χ4n) is 4.61. The number of imidazole rings is 1. The number of carbonyl (C=O) groups excluding carboxylic acids is 3. The molecule has 0 bridgehead atoms. The topological polar surface area (TPSA) is 427 Å². The molecule has 0 spiro atoms. The number of nitrogens with zero attached hydrogens (tertiary/aromatic N) is 4. The fraction of sp³-hybridized carbons (Fsp3) is 0.667. The van der Waals surface area contributed by atoms with Crippen LogP contribution in [0, 0.1) is 5.41 Å². The van der Waals surface area contributed by atoms with E-state index in [0.717, 1.165) is 29.0 Å². The number of phosphoric acid groups is 3. The van der Waals surface area contributed by atoms with Gasteiger partial charge >= 0.3 is 23.5 Å². The van der Waals surface area contributed by atoms with Gasteiger partial charge in [0.05, 0.1) is 31.3 Å². The lowest BCUT2D eigenvalue weighted by molar-refractivity contribution is -0.137. The second-order valence-electron chi connectivity index (χ2n) is 12.3. The molecule has 0 saturated carbocycles. The quantitative estimate of drug-likeness (QED) is 0.0323. The molecule has 9 atom stereocenters. The highest BCUT2D eigenvalue weighted by Gasteiger charge is 2.50. The maximum atomic E-state index is 12.7. The zero-order valence-electron chi connectivity index (χ0n) is 29.2. The molecule has 27 nitrogen and oxygen atoms in total. The molecule has 32 heteroatoms. The SMILES string of the molecule is CC(C)(COP(=O)(O)OP(=O)(O)OCC1OC(n2cnc3c(N)ncnc32)C(O)C1OP(=O)(O)O)C(O)C(=O)NCCC(=O)NCCSC(=O)C(N)CS(=O)O. The molecule has 13 N–H and O–H groups in total. The molecule has 0 aliphatic carbocycles. The molecular formula is C24H41N8O19P3S2. The van der Waals surface area contributed by atoms with E-state index < -0.39 is 113 Å². The molecule has 1 saturated heterocycles. The minimum atomic E-state index is -5.59. The second kappa shape index (κ2) is 20.1. The van der Waals surface area contributed by atoms with Gasteiger partial charge in [0.1, 0.15) is 36.3 Å². The average Bonchev–Trinajstić information content (AvgIpc) is 3.64. The van der Waals surface area contributed by atoms with E-state index in [1.54, 1.807) is 0 Å². The molecule has 0 aromatic carbocycles. The van der Waals surface area contributed by atoms with Crippen molar-refractivity contribution in [2.75, 3.05) is 43.5 Å². The first-order valence-corrected chi connectivity index (χ1v) is 22.5. The summed E-state index contributed by atoms with van der Waals surface area (Å²) >= 11 is -1.50. The third kappa shape index (κ3) is 14.5. The summed E-state index contributed by atoms with van der Waals surface area (Å²) in [6.45, 7) is 0.114. The van der Waals surface area contributed by atoms with Crippen LogP contribution in [-0.4, -0.2) is 143 Å². The lowest BCUT2D eigenvalue weighted by atomic mass is 9.87. The molecule has 1 aliphatic heterocycles. The largest absolute Gasteiger partial charge is 0.481 e. The summed E-state index contributed by atoms with van der Waals surface area (Å²) in [4.78, 5) is 87.1. The van der Waals surface area contributed by atoms with Crippen molar-refractivity contribution in [2.45, 2.75) is 57.0 Å². The van der Waals surface area contributed by atoms with Crippen LogP contribution in [0.3, 0.4) is 0 Å². The number of carbonyl (C=O) groups is 3. The summed E-state index contributed by atoms with van der Waals surface area (Å²) in [5.41, 5.74) is 9.66. The predicted molar refractivity (Wildman–Crippen MR) is 191 cm³/mol. The second-order valence-corrected chi connectivity index (χ2v) is 18.6. The van der Waals surface area contributed by atoms with Crippen molar-refractivity contribution < 1.29 is 89.2 Å². The number of aliphatic hydroxyl groups is 2. The van der Waals surface area contributed by atoms with Crippen molar-refractivity contribution in [3.63, 3.8) is 0 Å². The number of rotatable bonds is 22. The van der Waals surface area contributed by atoms with Crippen LogP contribution in [0.25, 0.3) is 11.2 Å². The van der Waals surface area contributed by atoms with Gasteiger partial charge in [0, 0.05) is 30.7 Å². The summed E-state index contributed by atoms with van der Waals surface area (Å²) < 4.78 is 81.4. The van der Waals surface area contributed by atoms with E-state index in [2.05, 4.69) is 34.4 Å². The molecule has 56 heavy (non-hydrogen) atoms. The monoisotopic (exact) mass is 902 g/mol. The number of ether oxygens (including phenoxy) is 1. The Labute approximate surface area is 323 Å². The molecule has 1 fully saturated rings. The number of amides is 2. The molecule has 3 heterocycles. The van der Waals surface area contributed by atoms with Crippen molar-refractivity contribution in [1.29, 1.82) is 0 Å². The van der Waals surface area contributed by atoms with Gasteiger partial charge in [0.25, 0.3) is 0 Å². The van der Waals surface area contributed by atoms with Crippen LogP contribution in [0.2, 0.25) is 0 Å². The molecule has 9 unspecified atom stereocenters. The Morgan fingerprint density at radius 1 is 1.09 bits per heavy atom. The highest BCUT2D eigenvalue weighted by molar-refractivity contribution is 8.13. The predicted octanol–water partition coefficient (Wildman–Crippen LogP) is -2.79. The van der Waals surface area contributed by atoms with Gasteiger partial charge in [-0.25, -0.2) is 32.9 Å². The smallest absolute Gasteiger partial charge is 0.386 e. The van der Waals surface area contributed by atoms with Crippen LogP contribution in [0.5, 0.6) is 0 Å². The van der Waals surface area contributed by atoms with E-state index in [1.807, 2.05) is 0 Å². The molecule has 1 aliphatic rings. The highest BCUT2D eigenvalue weighted by Crippen LogP contribution is 2.61. The number of hydrogen-bond donors (Lipinski definition) is 11. The fourth-order valence-corrected chi connectivity index (χ4v) is 8.71. The van der Waals surface area contributed by atoms with E-state index in [1.165, 1.54) is 13.8 Å². The Bertz CT molecular complexity index is 1890. The number of thioether (sulfide) groups is 1. The van der Waals surface area contributed by atoms with E-state index in [0.29, 0.717) is 0 Å². The van der Waals surface area contributed by atoms with Gasteiger partial charge in [-0.05, 0) is 0 Å². The number of fused-ring (bicyclic) bond motifs is 1. The molecule has 0 radical (unpaired) electrons. The average molecular weight is 903 g/mol. The first-order valence-electron chi connectivity index (χ1n) is 15.7. The minimum Gasteiger partial charge on any atom is -0.386 e. The standard InChI is InChI=1S/C24H41N8O19P3S2/c1-24(2,18(35)21(36)28-4-3-14(33)27-5-6-55-23(37)12(25)8-56(45)46)9-48-54(43,44)51-53(41,42)47-7-13-17(50-52(38,39)40)16(34)22(49-13)32-11-31-15-19(26)29-10-30-20(15)32/h10-13,16-18,22,34-35H,3-9,25H2,1-2H3,(H,27,33)(H,28,36)(H,41,42)(H,43,44)(H,45,46)(H2,26,29,30)(H2,38,39,40). The molecule has 2 aromatic rings. The number of nitrogens with two attached hydrogens (primary N) is 2. The van der Waals surface area contributed by atoms with Crippen LogP contribution in [-0.2, 0) is 61.8 Å². The van der Waals surface area contributed by atoms with E-state index >= 15 is 0 Å². The van der Waals surface area contributed by atoms with Gasteiger partial charge in [0.15, 0.2) is 28.8 Å². The molecule has 2 amide bonds. The Morgan fingerprint density at radius 2 is 1.75 bits per heavy atom. The van der Waals surface area contributed by atoms with Crippen molar-refractivity contribution in [1.82, 2.24) is 30.2 Å². The van der Waals surface area contributed by atoms with E-state index in [9.17, 15) is 62.1 Å². The summed E-state index contributed by atoms with van der Waals surface area (Å²) in [5, 5.41) is 25.6. The van der Waals surface area contributed by atoms with Gasteiger partial charge in [-0.3, -0.25) is 32.5 Å². The van der Waals surface area contributed by atoms with Gasteiger partial charge in [0.2, 0.25) is 16.9 Å². The Kier molecular flexibility index (Phi) is 17.2. The van der Waals surface area contributed by atoms with Gasteiger partial charge < -0.3 is 61.2 Å². The maximum Gasteiger partial charge on any atom is 0.481 e. The normalized spacial score (nSPS) is 22.8. The van der Waals surface area contributed by atoms with Gasteiger partial charge in [-0.2, -0.15) is 4.31 Å². The van der Waals surface area contributed by atoms with Crippen LogP contribution >= 0.6 is 35.2 Å². The van der Waals surface area contributed by atoms with Crippen LogP contribution in [0.15, 0.2) is 12.7 Å². The number of anilines is 1. The number of nitrogen functional groups attached to an aromatic ring is 1.